The summed E-state index contributed by atoms with van der Waals surface area (Å²) in [6.07, 6.45) is 1.85. The van der Waals surface area contributed by atoms with Crippen molar-refractivity contribution in [2.75, 3.05) is 17.2 Å². The van der Waals surface area contributed by atoms with Gasteiger partial charge in [0.1, 0.15) is 11.4 Å². The van der Waals surface area contributed by atoms with Crippen molar-refractivity contribution in [3.05, 3.63) is 52.7 Å². The SMILES string of the molecule is CC(C)(C)OC(=O)N1CCc2cc(NC(=O)Nc3ccc(Cl)cn3)ccc2C1. The molecule has 0 aliphatic carbocycles. The minimum atomic E-state index is -0.516. The van der Waals surface area contributed by atoms with Gasteiger partial charge in [0.05, 0.1) is 5.02 Å². The van der Waals surface area contributed by atoms with E-state index in [9.17, 15) is 9.59 Å². The lowest BCUT2D eigenvalue weighted by molar-refractivity contribution is 0.0224. The minimum Gasteiger partial charge on any atom is -0.444 e. The Morgan fingerprint density at radius 2 is 1.93 bits per heavy atom. The Balaban J connectivity index is 1.61. The number of halogens is 1. The molecule has 28 heavy (non-hydrogen) atoms. The molecule has 2 N–H and O–H groups in total. The lowest BCUT2D eigenvalue weighted by Gasteiger charge is -2.31. The molecule has 7 nitrogen and oxygen atoms in total. The number of aromatic nitrogens is 1. The van der Waals surface area contributed by atoms with Crippen LogP contribution in [0.3, 0.4) is 0 Å². The largest absolute Gasteiger partial charge is 0.444 e. The maximum atomic E-state index is 12.3. The molecule has 0 radical (unpaired) electrons. The van der Waals surface area contributed by atoms with E-state index < -0.39 is 5.60 Å². The van der Waals surface area contributed by atoms with Gasteiger partial charge < -0.3 is 15.0 Å². The van der Waals surface area contributed by atoms with Crippen molar-refractivity contribution in [3.63, 3.8) is 0 Å². The smallest absolute Gasteiger partial charge is 0.410 e. The molecule has 3 amide bonds. The summed E-state index contributed by atoms with van der Waals surface area (Å²) in [5.74, 6) is 0.410. The van der Waals surface area contributed by atoms with Gasteiger partial charge in [0.25, 0.3) is 0 Å². The van der Waals surface area contributed by atoms with Gasteiger partial charge in [0.15, 0.2) is 0 Å². The van der Waals surface area contributed by atoms with E-state index in [1.807, 2.05) is 39.0 Å². The zero-order valence-corrected chi connectivity index (χ0v) is 16.8. The van der Waals surface area contributed by atoms with Crippen molar-refractivity contribution >= 4 is 35.2 Å². The molecule has 0 unspecified atom stereocenters. The van der Waals surface area contributed by atoms with Crippen LogP contribution in [0.5, 0.6) is 0 Å². The fourth-order valence-corrected chi connectivity index (χ4v) is 2.95. The van der Waals surface area contributed by atoms with Gasteiger partial charge in [0.2, 0.25) is 0 Å². The van der Waals surface area contributed by atoms with Gasteiger partial charge >= 0.3 is 12.1 Å². The maximum absolute atomic E-state index is 12.3. The van der Waals surface area contributed by atoms with E-state index in [0.29, 0.717) is 36.0 Å². The molecule has 148 valence electrons. The predicted molar refractivity (Wildman–Crippen MR) is 109 cm³/mol. The van der Waals surface area contributed by atoms with Gasteiger partial charge in [-0.3, -0.25) is 5.32 Å². The van der Waals surface area contributed by atoms with Crippen LogP contribution >= 0.6 is 11.6 Å². The molecule has 3 rings (SSSR count). The molecule has 2 heterocycles. The Kier molecular flexibility index (Phi) is 5.74. The van der Waals surface area contributed by atoms with Gasteiger partial charge in [-0.05, 0) is 62.6 Å². The third-order valence-electron chi connectivity index (χ3n) is 4.10. The molecular weight excluding hydrogens is 380 g/mol. The Bertz CT molecular complexity index is 878. The highest BCUT2D eigenvalue weighted by molar-refractivity contribution is 6.30. The summed E-state index contributed by atoms with van der Waals surface area (Å²) in [4.78, 5) is 30.1. The number of pyridine rings is 1. The number of amides is 3. The topological polar surface area (TPSA) is 83.6 Å². The van der Waals surface area contributed by atoms with Crippen LogP contribution in [0.25, 0.3) is 0 Å². The van der Waals surface area contributed by atoms with Crippen molar-refractivity contribution < 1.29 is 14.3 Å². The zero-order chi connectivity index (χ0) is 20.3. The number of nitrogens with one attached hydrogen (secondary N) is 2. The van der Waals surface area contributed by atoms with Gasteiger partial charge in [-0.25, -0.2) is 14.6 Å². The van der Waals surface area contributed by atoms with Gasteiger partial charge in [0, 0.05) is 25.0 Å². The van der Waals surface area contributed by atoms with Crippen molar-refractivity contribution in [1.29, 1.82) is 0 Å². The first-order valence-electron chi connectivity index (χ1n) is 8.99. The van der Waals surface area contributed by atoms with Crippen LogP contribution in [0.2, 0.25) is 5.02 Å². The monoisotopic (exact) mass is 402 g/mol. The number of hydrogen-bond donors (Lipinski definition) is 2. The maximum Gasteiger partial charge on any atom is 0.410 e. The molecule has 0 fully saturated rings. The van der Waals surface area contributed by atoms with Crippen LogP contribution in [0, 0.1) is 0 Å². The first kappa shape index (κ1) is 19.9. The second-order valence-electron chi connectivity index (χ2n) is 7.58. The average Bonchev–Trinajstić information content (AvgIpc) is 2.61. The molecule has 1 aromatic carbocycles. The summed E-state index contributed by atoms with van der Waals surface area (Å²) in [6.45, 7) is 6.62. The van der Waals surface area contributed by atoms with Crippen LogP contribution in [-0.4, -0.2) is 34.2 Å². The lowest BCUT2D eigenvalue weighted by Crippen LogP contribution is -2.39. The molecule has 0 spiro atoms. The van der Waals surface area contributed by atoms with E-state index in [2.05, 4.69) is 15.6 Å². The number of urea groups is 1. The summed E-state index contributed by atoms with van der Waals surface area (Å²) < 4.78 is 5.44. The molecule has 0 bridgehead atoms. The highest BCUT2D eigenvalue weighted by atomic mass is 35.5. The van der Waals surface area contributed by atoms with E-state index in [0.717, 1.165) is 11.1 Å². The van der Waals surface area contributed by atoms with Crippen molar-refractivity contribution in [1.82, 2.24) is 9.88 Å². The quantitative estimate of drug-likeness (QED) is 0.764. The standard InChI is InChI=1S/C20H23ClN4O3/c1-20(2,3)28-19(27)25-9-8-13-10-16(6-4-14(13)12-25)23-18(26)24-17-7-5-15(21)11-22-17/h4-7,10-11H,8-9,12H2,1-3H3,(H2,22,23,24,26). The van der Waals surface area contributed by atoms with Crippen molar-refractivity contribution in [3.8, 4) is 0 Å². The van der Waals surface area contributed by atoms with Crippen LogP contribution in [0.15, 0.2) is 36.5 Å². The summed E-state index contributed by atoms with van der Waals surface area (Å²) in [6, 6.07) is 8.55. The van der Waals surface area contributed by atoms with E-state index >= 15 is 0 Å². The molecule has 1 aliphatic rings. The summed E-state index contributed by atoms with van der Waals surface area (Å²) in [7, 11) is 0. The molecule has 0 saturated heterocycles. The second kappa shape index (κ2) is 8.06. The number of nitrogens with zero attached hydrogens (tertiary/aromatic N) is 2. The van der Waals surface area contributed by atoms with Crippen LogP contribution < -0.4 is 10.6 Å². The summed E-state index contributed by atoms with van der Waals surface area (Å²) in [5.41, 5.74) is 2.30. The first-order chi connectivity index (χ1) is 13.2. The number of ether oxygens (including phenoxy) is 1. The number of carbonyl (C=O) groups excluding carboxylic acids is 2. The third kappa shape index (κ3) is 5.36. The second-order valence-corrected chi connectivity index (χ2v) is 8.01. The Labute approximate surface area is 169 Å². The summed E-state index contributed by atoms with van der Waals surface area (Å²) >= 11 is 5.78. The van der Waals surface area contributed by atoms with E-state index in [4.69, 9.17) is 16.3 Å². The Morgan fingerprint density at radius 1 is 1.14 bits per heavy atom. The molecule has 8 heteroatoms. The molecule has 0 saturated carbocycles. The minimum absolute atomic E-state index is 0.310. The molecule has 2 aromatic rings. The third-order valence-corrected chi connectivity index (χ3v) is 4.32. The molecular formula is C20H23ClN4O3. The van der Waals surface area contributed by atoms with Crippen LogP contribution in [0.1, 0.15) is 31.9 Å². The van der Waals surface area contributed by atoms with Gasteiger partial charge in [-0.2, -0.15) is 0 Å². The zero-order valence-electron chi connectivity index (χ0n) is 16.1. The first-order valence-corrected chi connectivity index (χ1v) is 9.37. The van der Waals surface area contributed by atoms with Crippen molar-refractivity contribution in [2.24, 2.45) is 0 Å². The highest BCUT2D eigenvalue weighted by Crippen LogP contribution is 2.24. The summed E-state index contributed by atoms with van der Waals surface area (Å²) in [5, 5.41) is 5.95. The fourth-order valence-electron chi connectivity index (χ4n) is 2.84. The number of anilines is 2. The normalized spacial score (nSPS) is 13.5. The molecule has 1 aromatic heterocycles. The Hall–Kier alpha value is -2.80. The van der Waals surface area contributed by atoms with Crippen LogP contribution in [0.4, 0.5) is 21.1 Å². The predicted octanol–water partition coefficient (Wildman–Crippen LogP) is 4.67. The number of hydrogen-bond acceptors (Lipinski definition) is 4. The number of carbonyl (C=O) groups is 2. The van der Waals surface area contributed by atoms with E-state index in [1.54, 1.807) is 17.0 Å². The van der Waals surface area contributed by atoms with Crippen LogP contribution in [-0.2, 0) is 17.7 Å². The highest BCUT2D eigenvalue weighted by Gasteiger charge is 2.25. The lowest BCUT2D eigenvalue weighted by atomic mass is 9.99. The number of rotatable bonds is 2. The number of fused-ring (bicyclic) bond motifs is 1. The fraction of sp³-hybridized carbons (Fsp3) is 0.350. The van der Waals surface area contributed by atoms with Gasteiger partial charge in [-0.1, -0.05) is 17.7 Å². The van der Waals surface area contributed by atoms with Crippen molar-refractivity contribution in [2.45, 2.75) is 39.3 Å². The van der Waals surface area contributed by atoms with E-state index in [1.165, 1.54) is 6.20 Å². The van der Waals surface area contributed by atoms with E-state index in [-0.39, 0.29) is 12.1 Å². The number of benzene rings is 1. The molecule has 1 aliphatic heterocycles. The van der Waals surface area contributed by atoms with Gasteiger partial charge in [-0.15, -0.1) is 0 Å². The Morgan fingerprint density at radius 3 is 2.61 bits per heavy atom. The average molecular weight is 403 g/mol. The molecule has 0 atom stereocenters.